The summed E-state index contributed by atoms with van der Waals surface area (Å²) < 4.78 is 66.5. The summed E-state index contributed by atoms with van der Waals surface area (Å²) in [6.45, 7) is 0.211. The van der Waals surface area contributed by atoms with Crippen LogP contribution in [0.15, 0.2) is 30.3 Å². The summed E-state index contributed by atoms with van der Waals surface area (Å²) in [5, 5.41) is 0. The number of hydrogen-bond acceptors (Lipinski definition) is 1. The average Bonchev–Trinajstić information content (AvgIpc) is 3.24. The first-order valence-electron chi connectivity index (χ1n) is 5.85. The molecule has 0 N–H and O–H groups in total. The third kappa shape index (κ3) is 1.83. The second-order valence-electron chi connectivity index (χ2n) is 4.50. The molecule has 1 saturated heterocycles. The van der Waals surface area contributed by atoms with Gasteiger partial charge in [-0.05, 0) is 5.56 Å². The van der Waals surface area contributed by atoms with Crippen molar-refractivity contribution in [3.63, 3.8) is 0 Å². The molecular weight excluding hydrogens is 277 g/mol. The van der Waals surface area contributed by atoms with Gasteiger partial charge in [0.05, 0.1) is 6.04 Å². The Balaban J connectivity index is 2.02. The molecule has 0 radical (unpaired) electrons. The lowest BCUT2D eigenvalue weighted by Gasteiger charge is -2.10. The summed E-state index contributed by atoms with van der Waals surface area (Å²) in [6, 6.07) is 8.35. The Labute approximate surface area is 111 Å². The summed E-state index contributed by atoms with van der Waals surface area (Å²) in [6.07, 6.45) is 0. The number of nitrogens with zero attached hydrogens (tertiary/aromatic N) is 1. The van der Waals surface area contributed by atoms with E-state index in [2.05, 4.69) is 0 Å². The van der Waals surface area contributed by atoms with Gasteiger partial charge >= 0.3 is 0 Å². The van der Waals surface area contributed by atoms with E-state index in [1.165, 1.54) is 0 Å². The fourth-order valence-electron chi connectivity index (χ4n) is 2.19. The van der Waals surface area contributed by atoms with Crippen LogP contribution in [-0.2, 0) is 0 Å². The zero-order chi connectivity index (χ0) is 14.4. The quantitative estimate of drug-likeness (QED) is 0.349. The van der Waals surface area contributed by atoms with Crippen molar-refractivity contribution in [2.75, 3.05) is 11.4 Å². The number of benzene rings is 2. The topological polar surface area (TPSA) is 3.01 Å². The molecule has 0 aromatic heterocycles. The van der Waals surface area contributed by atoms with E-state index < -0.39 is 34.8 Å². The van der Waals surface area contributed by atoms with E-state index in [1.54, 1.807) is 30.3 Å². The van der Waals surface area contributed by atoms with E-state index in [9.17, 15) is 22.0 Å². The number of hydrogen-bond donors (Lipinski definition) is 0. The maximum absolute atomic E-state index is 13.6. The highest BCUT2D eigenvalue weighted by Gasteiger charge is 2.41. The highest BCUT2D eigenvalue weighted by atomic mass is 19.2. The van der Waals surface area contributed by atoms with E-state index in [-0.39, 0.29) is 12.6 Å². The Morgan fingerprint density at radius 1 is 0.750 bits per heavy atom. The molecule has 1 aliphatic heterocycles. The fraction of sp³-hybridized carbons (Fsp3) is 0.143. The van der Waals surface area contributed by atoms with E-state index in [1.807, 2.05) is 0 Å². The minimum atomic E-state index is -2.14. The molecule has 20 heavy (non-hydrogen) atoms. The van der Waals surface area contributed by atoms with E-state index >= 15 is 0 Å². The smallest absolute Gasteiger partial charge is 0.200 e. The van der Waals surface area contributed by atoms with Gasteiger partial charge in [0.1, 0.15) is 5.69 Å². The molecule has 0 unspecified atom stereocenters. The molecule has 1 nitrogen and oxygen atoms in total. The van der Waals surface area contributed by atoms with Gasteiger partial charge in [-0.2, -0.15) is 0 Å². The summed E-state index contributed by atoms with van der Waals surface area (Å²) in [5.74, 6) is -9.56. The highest BCUT2D eigenvalue weighted by molar-refractivity contribution is 5.59. The van der Waals surface area contributed by atoms with Crippen LogP contribution < -0.4 is 4.90 Å². The number of halogens is 5. The molecule has 6 heteroatoms. The Morgan fingerprint density at radius 3 is 1.80 bits per heavy atom. The van der Waals surface area contributed by atoms with Gasteiger partial charge in [0.25, 0.3) is 0 Å². The van der Waals surface area contributed by atoms with Crippen molar-refractivity contribution >= 4 is 5.69 Å². The van der Waals surface area contributed by atoms with Crippen molar-refractivity contribution in [2.24, 2.45) is 0 Å². The van der Waals surface area contributed by atoms with E-state index in [0.717, 1.165) is 10.5 Å². The van der Waals surface area contributed by atoms with Crippen molar-refractivity contribution < 1.29 is 22.0 Å². The van der Waals surface area contributed by atoms with Crippen molar-refractivity contribution in [3.05, 3.63) is 65.0 Å². The molecule has 2 aromatic rings. The molecule has 0 aliphatic carbocycles. The SMILES string of the molecule is Fc1c(F)c(F)c(N2C[C@@H]2c2ccccc2)c(F)c1F. The van der Waals surface area contributed by atoms with Crippen LogP contribution in [0.4, 0.5) is 27.6 Å². The summed E-state index contributed by atoms with van der Waals surface area (Å²) >= 11 is 0. The molecule has 3 rings (SSSR count). The molecule has 1 fully saturated rings. The van der Waals surface area contributed by atoms with Gasteiger partial charge in [0.2, 0.25) is 5.82 Å². The third-order valence-corrected chi connectivity index (χ3v) is 3.27. The van der Waals surface area contributed by atoms with Crippen LogP contribution in [0, 0.1) is 29.1 Å². The molecule has 1 atom stereocenters. The lowest BCUT2D eigenvalue weighted by atomic mass is 10.1. The maximum Gasteiger partial charge on any atom is 0.200 e. The average molecular weight is 285 g/mol. The van der Waals surface area contributed by atoms with Crippen LogP contribution in [0.3, 0.4) is 0 Å². The largest absolute Gasteiger partial charge is 0.355 e. The highest BCUT2D eigenvalue weighted by Crippen LogP contribution is 2.43. The molecule has 0 amide bonds. The first-order chi connectivity index (χ1) is 9.52. The van der Waals surface area contributed by atoms with Crippen molar-refractivity contribution in [3.8, 4) is 0 Å². The standard InChI is InChI=1S/C14H8F5N/c15-9-10(16)12(18)14(13(19)11(9)17)20-6-8(20)7-4-2-1-3-5-7/h1-5,8H,6H2/t8-,20?/m1/s1. The zero-order valence-corrected chi connectivity index (χ0v) is 10.0. The van der Waals surface area contributed by atoms with Crippen LogP contribution >= 0.6 is 0 Å². The Hall–Kier alpha value is -2.11. The van der Waals surface area contributed by atoms with Crippen LogP contribution in [0.25, 0.3) is 0 Å². The van der Waals surface area contributed by atoms with Gasteiger partial charge in [0.15, 0.2) is 23.3 Å². The summed E-state index contributed by atoms with van der Waals surface area (Å²) in [7, 11) is 0. The fourth-order valence-corrected chi connectivity index (χ4v) is 2.19. The Kier molecular flexibility index (Phi) is 2.88. The van der Waals surface area contributed by atoms with Crippen molar-refractivity contribution in [1.29, 1.82) is 0 Å². The van der Waals surface area contributed by atoms with Crippen LogP contribution in [0.2, 0.25) is 0 Å². The minimum absolute atomic E-state index is 0.211. The zero-order valence-electron chi connectivity index (χ0n) is 10.0. The predicted octanol–water partition coefficient (Wildman–Crippen LogP) is 3.94. The van der Waals surface area contributed by atoms with Gasteiger partial charge in [-0.3, -0.25) is 0 Å². The van der Waals surface area contributed by atoms with E-state index in [0.29, 0.717) is 0 Å². The number of anilines is 1. The van der Waals surface area contributed by atoms with Gasteiger partial charge in [-0.25, -0.2) is 22.0 Å². The Morgan fingerprint density at radius 2 is 1.25 bits per heavy atom. The normalized spacial score (nSPS) is 17.4. The molecule has 1 heterocycles. The molecule has 1 aliphatic rings. The second kappa shape index (κ2) is 4.47. The second-order valence-corrected chi connectivity index (χ2v) is 4.50. The van der Waals surface area contributed by atoms with E-state index in [4.69, 9.17) is 0 Å². The monoisotopic (exact) mass is 285 g/mol. The molecular formula is C14H8F5N. The van der Waals surface area contributed by atoms with Gasteiger partial charge in [-0.15, -0.1) is 0 Å². The number of rotatable bonds is 2. The first-order valence-corrected chi connectivity index (χ1v) is 5.85. The maximum atomic E-state index is 13.6. The molecule has 0 spiro atoms. The third-order valence-electron chi connectivity index (χ3n) is 3.27. The minimum Gasteiger partial charge on any atom is -0.355 e. The van der Waals surface area contributed by atoms with Crippen LogP contribution in [0.1, 0.15) is 11.6 Å². The molecule has 104 valence electrons. The molecule has 0 bridgehead atoms. The molecule has 2 aromatic carbocycles. The lowest BCUT2D eigenvalue weighted by molar-refractivity contribution is 0.380. The Bertz CT molecular complexity index is 642. The predicted molar refractivity (Wildman–Crippen MR) is 62.8 cm³/mol. The van der Waals surface area contributed by atoms with Gasteiger partial charge < -0.3 is 4.90 Å². The van der Waals surface area contributed by atoms with Crippen molar-refractivity contribution in [1.82, 2.24) is 0 Å². The van der Waals surface area contributed by atoms with Gasteiger partial charge in [-0.1, -0.05) is 30.3 Å². The summed E-state index contributed by atoms with van der Waals surface area (Å²) in [5.41, 5.74) is -0.105. The van der Waals surface area contributed by atoms with Crippen molar-refractivity contribution in [2.45, 2.75) is 6.04 Å². The van der Waals surface area contributed by atoms with Gasteiger partial charge in [0, 0.05) is 6.54 Å². The molecule has 0 saturated carbocycles. The first kappa shape index (κ1) is 12.9. The van der Waals surface area contributed by atoms with Crippen LogP contribution in [-0.4, -0.2) is 6.54 Å². The lowest BCUT2D eigenvalue weighted by Crippen LogP contribution is -2.08. The summed E-state index contributed by atoms with van der Waals surface area (Å²) in [4.78, 5) is 1.14. The van der Waals surface area contributed by atoms with Crippen LogP contribution in [0.5, 0.6) is 0 Å².